The minimum atomic E-state index is -3.30. The van der Waals surface area contributed by atoms with E-state index in [-0.39, 0.29) is 18.3 Å². The number of nitrogens with zero attached hydrogens (tertiary/aromatic N) is 1. The summed E-state index contributed by atoms with van der Waals surface area (Å²) in [4.78, 5) is 11.8. The van der Waals surface area contributed by atoms with Crippen LogP contribution in [-0.2, 0) is 10.0 Å². The number of sulfonamides is 1. The number of anilines is 1. The van der Waals surface area contributed by atoms with Gasteiger partial charge in [0.05, 0.1) is 11.9 Å². The molecule has 1 fully saturated rings. The zero-order valence-electron chi connectivity index (χ0n) is 12.0. The smallest absolute Gasteiger partial charge is 0.319 e. The maximum atomic E-state index is 13.4. The third-order valence-electron chi connectivity index (χ3n) is 3.37. The van der Waals surface area contributed by atoms with E-state index in [1.165, 1.54) is 4.31 Å². The lowest BCUT2D eigenvalue weighted by atomic mass is 10.1. The van der Waals surface area contributed by atoms with Gasteiger partial charge in [-0.2, -0.15) is 0 Å². The molecule has 1 aliphatic heterocycles. The highest BCUT2D eigenvalue weighted by Crippen LogP contribution is 2.16. The lowest BCUT2D eigenvalue weighted by molar-refractivity contribution is 0.236. The van der Waals surface area contributed by atoms with E-state index < -0.39 is 27.7 Å². The molecule has 0 radical (unpaired) electrons. The average molecular weight is 333 g/mol. The zero-order valence-corrected chi connectivity index (χ0v) is 12.8. The lowest BCUT2D eigenvalue weighted by Crippen LogP contribution is -2.50. The average Bonchev–Trinajstić information content (AvgIpc) is 2.41. The van der Waals surface area contributed by atoms with Gasteiger partial charge in [0.1, 0.15) is 11.6 Å². The Labute approximate surface area is 127 Å². The van der Waals surface area contributed by atoms with Crippen LogP contribution >= 0.6 is 0 Å². The third kappa shape index (κ3) is 4.38. The summed E-state index contributed by atoms with van der Waals surface area (Å²) in [6.07, 6.45) is 2.37. The fourth-order valence-electron chi connectivity index (χ4n) is 2.30. The molecule has 0 bridgehead atoms. The maximum Gasteiger partial charge on any atom is 0.319 e. The number of hydrogen-bond acceptors (Lipinski definition) is 3. The van der Waals surface area contributed by atoms with Crippen LogP contribution in [0.5, 0.6) is 0 Å². The molecule has 1 aliphatic rings. The molecule has 1 unspecified atom stereocenters. The molecule has 0 aliphatic carbocycles. The maximum absolute atomic E-state index is 13.4. The summed E-state index contributed by atoms with van der Waals surface area (Å²) >= 11 is 0. The molecule has 1 aromatic carbocycles. The number of hydrogen-bond donors (Lipinski definition) is 2. The summed E-state index contributed by atoms with van der Waals surface area (Å²) in [5, 5.41) is 4.87. The Bertz CT molecular complexity index is 666. The van der Waals surface area contributed by atoms with Gasteiger partial charge in [-0.1, -0.05) is 0 Å². The van der Waals surface area contributed by atoms with Gasteiger partial charge in [-0.25, -0.2) is 26.3 Å². The second-order valence-electron chi connectivity index (χ2n) is 5.18. The number of amides is 2. The Morgan fingerprint density at radius 2 is 2.09 bits per heavy atom. The normalized spacial score (nSPS) is 19.7. The van der Waals surface area contributed by atoms with E-state index in [1.807, 2.05) is 0 Å². The Hall–Kier alpha value is -1.74. The third-order valence-corrected chi connectivity index (χ3v) is 4.64. The van der Waals surface area contributed by atoms with Gasteiger partial charge in [0, 0.05) is 25.2 Å². The zero-order chi connectivity index (χ0) is 16.3. The fraction of sp³-hybridized carbons (Fsp3) is 0.462. The van der Waals surface area contributed by atoms with E-state index in [0.717, 1.165) is 18.4 Å². The van der Waals surface area contributed by atoms with Crippen LogP contribution in [0.1, 0.15) is 12.8 Å². The van der Waals surface area contributed by atoms with Crippen molar-refractivity contribution in [3.8, 4) is 0 Å². The Kier molecular flexibility index (Phi) is 4.97. The summed E-state index contributed by atoms with van der Waals surface area (Å²) < 4.78 is 50.5. The number of carbonyl (C=O) groups excluding carboxylic acids is 1. The van der Waals surface area contributed by atoms with Crippen LogP contribution in [0.2, 0.25) is 0 Å². The topological polar surface area (TPSA) is 78.5 Å². The predicted molar refractivity (Wildman–Crippen MR) is 78.0 cm³/mol. The van der Waals surface area contributed by atoms with Crippen LogP contribution in [0.25, 0.3) is 0 Å². The lowest BCUT2D eigenvalue weighted by Gasteiger charge is -2.31. The number of piperidine rings is 1. The molecule has 6 nitrogen and oxygen atoms in total. The van der Waals surface area contributed by atoms with E-state index in [2.05, 4.69) is 10.6 Å². The molecule has 1 saturated heterocycles. The van der Waals surface area contributed by atoms with Crippen molar-refractivity contribution >= 4 is 21.7 Å². The van der Waals surface area contributed by atoms with Gasteiger partial charge in [-0.15, -0.1) is 0 Å². The largest absolute Gasteiger partial charge is 0.334 e. The number of nitrogens with one attached hydrogen (secondary N) is 2. The van der Waals surface area contributed by atoms with E-state index in [1.54, 1.807) is 0 Å². The molecule has 2 N–H and O–H groups in total. The summed E-state index contributed by atoms with van der Waals surface area (Å²) in [6, 6.07) is 1.80. The van der Waals surface area contributed by atoms with Crippen LogP contribution < -0.4 is 10.6 Å². The van der Waals surface area contributed by atoms with Crippen LogP contribution in [-0.4, -0.2) is 44.1 Å². The van der Waals surface area contributed by atoms with Gasteiger partial charge in [0.15, 0.2) is 0 Å². The van der Waals surface area contributed by atoms with E-state index in [4.69, 9.17) is 0 Å². The van der Waals surface area contributed by atoms with Crippen LogP contribution in [0.15, 0.2) is 18.2 Å². The van der Waals surface area contributed by atoms with E-state index in [9.17, 15) is 22.0 Å². The first kappa shape index (κ1) is 16.6. The minimum Gasteiger partial charge on any atom is -0.334 e. The van der Waals surface area contributed by atoms with E-state index in [0.29, 0.717) is 25.5 Å². The molecule has 9 heteroatoms. The first-order chi connectivity index (χ1) is 10.3. The van der Waals surface area contributed by atoms with Crippen molar-refractivity contribution < 1.29 is 22.0 Å². The van der Waals surface area contributed by atoms with Gasteiger partial charge in [0.25, 0.3) is 0 Å². The molecule has 0 saturated carbocycles. The quantitative estimate of drug-likeness (QED) is 0.880. The number of rotatable bonds is 3. The van der Waals surface area contributed by atoms with E-state index >= 15 is 0 Å². The highest BCUT2D eigenvalue weighted by atomic mass is 32.2. The van der Waals surface area contributed by atoms with Crippen molar-refractivity contribution in [2.45, 2.75) is 18.9 Å². The highest BCUT2D eigenvalue weighted by molar-refractivity contribution is 7.88. The predicted octanol–water partition coefficient (Wildman–Crippen LogP) is 1.51. The summed E-state index contributed by atoms with van der Waals surface area (Å²) in [5.41, 5.74) is -0.144. The first-order valence-corrected chi connectivity index (χ1v) is 8.58. The van der Waals surface area contributed by atoms with Crippen molar-refractivity contribution in [2.24, 2.45) is 0 Å². The van der Waals surface area contributed by atoms with Crippen LogP contribution in [0, 0.1) is 11.6 Å². The fourth-order valence-corrected chi connectivity index (χ4v) is 3.21. The molecule has 122 valence electrons. The molecular weight excluding hydrogens is 316 g/mol. The number of benzene rings is 1. The Morgan fingerprint density at radius 1 is 1.36 bits per heavy atom. The van der Waals surface area contributed by atoms with Gasteiger partial charge < -0.3 is 10.6 Å². The minimum absolute atomic E-state index is 0.144. The van der Waals surface area contributed by atoms with Gasteiger partial charge in [-0.3, -0.25) is 0 Å². The number of carbonyl (C=O) groups is 1. The van der Waals surface area contributed by atoms with Gasteiger partial charge in [0.2, 0.25) is 10.0 Å². The van der Waals surface area contributed by atoms with Crippen molar-refractivity contribution in [2.75, 3.05) is 24.7 Å². The molecule has 1 atom stereocenters. The van der Waals surface area contributed by atoms with Gasteiger partial charge >= 0.3 is 6.03 Å². The molecule has 0 spiro atoms. The molecule has 0 aromatic heterocycles. The van der Waals surface area contributed by atoms with Crippen molar-refractivity contribution in [1.29, 1.82) is 0 Å². The highest BCUT2D eigenvalue weighted by Gasteiger charge is 2.26. The Morgan fingerprint density at radius 3 is 2.73 bits per heavy atom. The van der Waals surface area contributed by atoms with Crippen LogP contribution in [0.3, 0.4) is 0 Å². The molecule has 2 rings (SSSR count). The van der Waals surface area contributed by atoms with Crippen molar-refractivity contribution in [1.82, 2.24) is 9.62 Å². The molecule has 22 heavy (non-hydrogen) atoms. The summed E-state index contributed by atoms with van der Waals surface area (Å²) in [6.45, 7) is 0.601. The molecule has 1 aromatic rings. The van der Waals surface area contributed by atoms with Crippen molar-refractivity contribution in [3.05, 3.63) is 29.8 Å². The van der Waals surface area contributed by atoms with Crippen LogP contribution in [0.4, 0.5) is 19.3 Å². The first-order valence-electron chi connectivity index (χ1n) is 6.73. The molecule has 2 amide bonds. The number of halogens is 2. The number of urea groups is 1. The molecular formula is C13H17F2N3O3S. The summed E-state index contributed by atoms with van der Waals surface area (Å²) in [5.74, 6) is -1.61. The monoisotopic (exact) mass is 333 g/mol. The van der Waals surface area contributed by atoms with Gasteiger partial charge in [-0.05, 0) is 25.0 Å². The Balaban J connectivity index is 1.94. The second-order valence-corrected chi connectivity index (χ2v) is 7.17. The standard InChI is InChI=1S/C13H17F2N3O3S/c1-22(20,21)18-6-2-3-10(8-18)16-13(19)17-12-5-4-9(14)7-11(12)15/h4-5,7,10H,2-3,6,8H2,1H3,(H2,16,17,19). The summed E-state index contributed by atoms with van der Waals surface area (Å²) in [7, 11) is -3.30. The SMILES string of the molecule is CS(=O)(=O)N1CCCC(NC(=O)Nc2ccc(F)cc2F)C1. The second kappa shape index (κ2) is 6.57. The molecule has 1 heterocycles. The van der Waals surface area contributed by atoms with Crippen molar-refractivity contribution in [3.63, 3.8) is 0 Å².